The van der Waals surface area contributed by atoms with Gasteiger partial charge in [-0.1, -0.05) is 12.1 Å². The van der Waals surface area contributed by atoms with Crippen LogP contribution in [0.3, 0.4) is 0 Å². The van der Waals surface area contributed by atoms with Crippen molar-refractivity contribution in [3.63, 3.8) is 0 Å². The van der Waals surface area contributed by atoms with Crippen LogP contribution in [-0.4, -0.2) is 35.8 Å². The molecule has 7 heteroatoms. The number of rotatable bonds is 8. The lowest BCUT2D eigenvalue weighted by Gasteiger charge is -2.04. The molecule has 0 unspecified atom stereocenters. The second kappa shape index (κ2) is 8.71. The Bertz CT molecular complexity index is 679. The predicted octanol–water partition coefficient (Wildman–Crippen LogP) is 1.60. The van der Waals surface area contributed by atoms with E-state index in [1.807, 2.05) is 24.3 Å². The van der Waals surface area contributed by atoms with Crippen molar-refractivity contribution in [2.75, 3.05) is 19.5 Å². The van der Waals surface area contributed by atoms with Crippen LogP contribution in [0, 0.1) is 0 Å². The van der Waals surface area contributed by atoms with Crippen molar-refractivity contribution in [2.24, 2.45) is 0 Å². The molecule has 1 heterocycles. The van der Waals surface area contributed by atoms with Crippen molar-refractivity contribution < 1.29 is 14.3 Å². The van der Waals surface area contributed by atoms with E-state index in [1.165, 1.54) is 16.4 Å². The number of hydrogen-bond donors (Lipinski definition) is 2. The molecular weight excluding hydrogens is 308 g/mol. The Morgan fingerprint density at radius 1 is 1.21 bits per heavy atom. The SMILES string of the molecule is CNC(=O)Cn1cc(NC(=O)CCCc2ccc(OC)cc2)cn1. The van der Waals surface area contributed by atoms with Crippen LogP contribution in [0.15, 0.2) is 36.7 Å². The van der Waals surface area contributed by atoms with Crippen LogP contribution in [0.2, 0.25) is 0 Å². The number of anilines is 1. The fourth-order valence-electron chi connectivity index (χ4n) is 2.21. The third kappa shape index (κ3) is 5.42. The lowest BCUT2D eigenvalue weighted by atomic mass is 10.1. The Balaban J connectivity index is 1.73. The second-order valence-electron chi connectivity index (χ2n) is 5.35. The normalized spacial score (nSPS) is 10.2. The highest BCUT2D eigenvalue weighted by Crippen LogP contribution is 2.13. The smallest absolute Gasteiger partial charge is 0.241 e. The number of amides is 2. The van der Waals surface area contributed by atoms with E-state index in [-0.39, 0.29) is 18.4 Å². The third-order valence-electron chi connectivity index (χ3n) is 3.53. The molecule has 128 valence electrons. The molecule has 24 heavy (non-hydrogen) atoms. The number of ether oxygens (including phenoxy) is 1. The summed E-state index contributed by atoms with van der Waals surface area (Å²) < 4.78 is 6.59. The van der Waals surface area contributed by atoms with Crippen LogP contribution in [-0.2, 0) is 22.6 Å². The molecule has 1 aromatic carbocycles. The van der Waals surface area contributed by atoms with E-state index in [4.69, 9.17) is 4.74 Å². The summed E-state index contributed by atoms with van der Waals surface area (Å²) in [6.07, 6.45) is 5.17. The van der Waals surface area contributed by atoms with E-state index < -0.39 is 0 Å². The molecule has 0 aliphatic rings. The average Bonchev–Trinajstić information content (AvgIpc) is 3.02. The number of hydrogen-bond acceptors (Lipinski definition) is 4. The van der Waals surface area contributed by atoms with Gasteiger partial charge in [0.05, 0.1) is 19.0 Å². The Kier molecular flexibility index (Phi) is 6.36. The maximum Gasteiger partial charge on any atom is 0.241 e. The zero-order chi connectivity index (χ0) is 17.4. The van der Waals surface area contributed by atoms with Gasteiger partial charge in [0.25, 0.3) is 0 Å². The number of nitrogens with one attached hydrogen (secondary N) is 2. The summed E-state index contributed by atoms with van der Waals surface area (Å²) in [5.74, 6) is 0.615. The first-order valence-electron chi connectivity index (χ1n) is 7.76. The first kappa shape index (κ1) is 17.5. The molecule has 0 saturated heterocycles. The topological polar surface area (TPSA) is 85.2 Å². The Morgan fingerprint density at radius 3 is 2.62 bits per heavy atom. The number of carbonyl (C=O) groups is 2. The quantitative estimate of drug-likeness (QED) is 0.770. The van der Waals surface area contributed by atoms with Gasteiger partial charge in [-0.05, 0) is 30.5 Å². The summed E-state index contributed by atoms with van der Waals surface area (Å²) in [4.78, 5) is 23.2. The van der Waals surface area contributed by atoms with Crippen LogP contribution in [0.1, 0.15) is 18.4 Å². The fourth-order valence-corrected chi connectivity index (χ4v) is 2.21. The number of likely N-dealkylation sites (N-methyl/N-ethyl adjacent to an activating group) is 1. The van der Waals surface area contributed by atoms with E-state index in [1.54, 1.807) is 20.4 Å². The molecule has 0 bridgehead atoms. The molecule has 0 aliphatic heterocycles. The average molecular weight is 330 g/mol. The molecule has 7 nitrogen and oxygen atoms in total. The Hall–Kier alpha value is -2.83. The summed E-state index contributed by atoms with van der Waals surface area (Å²) >= 11 is 0. The molecule has 2 rings (SSSR count). The first-order valence-corrected chi connectivity index (χ1v) is 7.76. The van der Waals surface area contributed by atoms with Crippen LogP contribution >= 0.6 is 0 Å². The summed E-state index contributed by atoms with van der Waals surface area (Å²) in [5.41, 5.74) is 1.76. The van der Waals surface area contributed by atoms with Crippen LogP contribution in [0.4, 0.5) is 5.69 Å². The maximum atomic E-state index is 11.9. The van der Waals surface area contributed by atoms with Crippen molar-refractivity contribution in [3.05, 3.63) is 42.2 Å². The number of nitrogens with zero attached hydrogens (tertiary/aromatic N) is 2. The van der Waals surface area contributed by atoms with Gasteiger partial charge in [-0.25, -0.2) is 0 Å². The van der Waals surface area contributed by atoms with Gasteiger partial charge in [0, 0.05) is 19.7 Å². The van der Waals surface area contributed by atoms with Gasteiger partial charge in [-0.3, -0.25) is 14.3 Å². The molecule has 0 aliphatic carbocycles. The van der Waals surface area contributed by atoms with Crippen LogP contribution in [0.25, 0.3) is 0 Å². The van der Waals surface area contributed by atoms with Crippen molar-refractivity contribution in [3.8, 4) is 5.75 Å². The minimum absolute atomic E-state index is 0.0667. The van der Waals surface area contributed by atoms with Crippen LogP contribution in [0.5, 0.6) is 5.75 Å². The van der Waals surface area contributed by atoms with E-state index in [0.29, 0.717) is 12.1 Å². The number of aryl methyl sites for hydroxylation is 1. The van der Waals surface area contributed by atoms with Crippen molar-refractivity contribution in [1.82, 2.24) is 15.1 Å². The van der Waals surface area contributed by atoms with Gasteiger partial charge < -0.3 is 15.4 Å². The second-order valence-corrected chi connectivity index (χ2v) is 5.35. The molecule has 0 spiro atoms. The zero-order valence-electron chi connectivity index (χ0n) is 13.9. The highest BCUT2D eigenvalue weighted by Gasteiger charge is 2.06. The van der Waals surface area contributed by atoms with E-state index in [0.717, 1.165) is 18.6 Å². The molecule has 0 atom stereocenters. The summed E-state index contributed by atoms with van der Waals surface area (Å²) in [6, 6.07) is 7.82. The molecule has 2 N–H and O–H groups in total. The summed E-state index contributed by atoms with van der Waals surface area (Å²) in [5, 5.41) is 9.33. The molecule has 0 saturated carbocycles. The largest absolute Gasteiger partial charge is 0.497 e. The van der Waals surface area contributed by atoms with Gasteiger partial charge >= 0.3 is 0 Å². The van der Waals surface area contributed by atoms with Crippen molar-refractivity contribution in [2.45, 2.75) is 25.8 Å². The molecule has 2 amide bonds. The third-order valence-corrected chi connectivity index (χ3v) is 3.53. The van der Waals surface area contributed by atoms with E-state index >= 15 is 0 Å². The lowest BCUT2D eigenvalue weighted by molar-refractivity contribution is -0.121. The number of carbonyl (C=O) groups excluding carboxylic acids is 2. The Labute approximate surface area is 141 Å². The number of methoxy groups -OCH3 is 1. The van der Waals surface area contributed by atoms with Crippen molar-refractivity contribution in [1.29, 1.82) is 0 Å². The molecule has 0 fully saturated rings. The summed E-state index contributed by atoms with van der Waals surface area (Å²) in [6.45, 7) is 0.129. The fraction of sp³-hybridized carbons (Fsp3) is 0.353. The number of benzene rings is 1. The number of aromatic nitrogens is 2. The minimum Gasteiger partial charge on any atom is -0.497 e. The van der Waals surface area contributed by atoms with E-state index in [9.17, 15) is 9.59 Å². The predicted molar refractivity (Wildman–Crippen MR) is 90.9 cm³/mol. The van der Waals surface area contributed by atoms with Crippen molar-refractivity contribution >= 4 is 17.5 Å². The van der Waals surface area contributed by atoms with Gasteiger partial charge in [0.1, 0.15) is 12.3 Å². The van der Waals surface area contributed by atoms with Gasteiger partial charge in [0.15, 0.2) is 0 Å². The van der Waals surface area contributed by atoms with Gasteiger partial charge in [0.2, 0.25) is 11.8 Å². The highest BCUT2D eigenvalue weighted by atomic mass is 16.5. The molecule has 2 aromatic rings. The minimum atomic E-state index is -0.143. The maximum absolute atomic E-state index is 11.9. The van der Waals surface area contributed by atoms with Gasteiger partial charge in [-0.15, -0.1) is 0 Å². The lowest BCUT2D eigenvalue weighted by Crippen LogP contribution is -2.23. The summed E-state index contributed by atoms with van der Waals surface area (Å²) in [7, 11) is 3.20. The molecule has 1 aromatic heterocycles. The monoisotopic (exact) mass is 330 g/mol. The van der Waals surface area contributed by atoms with Gasteiger partial charge in [-0.2, -0.15) is 5.10 Å². The Morgan fingerprint density at radius 2 is 1.96 bits per heavy atom. The standard InChI is InChI=1S/C17H22N4O3/c1-18-17(23)12-21-11-14(10-19-21)20-16(22)5-3-4-13-6-8-15(24-2)9-7-13/h6-11H,3-5,12H2,1-2H3,(H,18,23)(H,20,22). The highest BCUT2D eigenvalue weighted by molar-refractivity contribution is 5.90. The van der Waals surface area contributed by atoms with Crippen LogP contribution < -0.4 is 15.4 Å². The molecular formula is C17H22N4O3. The zero-order valence-corrected chi connectivity index (χ0v) is 13.9. The molecule has 0 radical (unpaired) electrons. The first-order chi connectivity index (χ1) is 11.6. The van der Waals surface area contributed by atoms with E-state index in [2.05, 4.69) is 15.7 Å².